The van der Waals surface area contributed by atoms with Gasteiger partial charge in [0.1, 0.15) is 12.4 Å². The average Bonchev–Trinajstić information content (AvgIpc) is 3.27. The van der Waals surface area contributed by atoms with Crippen LogP contribution in [0.2, 0.25) is 0 Å². The molecule has 7 nitrogen and oxygen atoms in total. The first-order valence-corrected chi connectivity index (χ1v) is 14.5. The summed E-state index contributed by atoms with van der Waals surface area (Å²) in [5, 5.41) is 8.04. The fourth-order valence-corrected chi connectivity index (χ4v) is 6.33. The number of carbonyl (C=O) groups is 2. The molecule has 0 radical (unpaired) electrons. The van der Waals surface area contributed by atoms with Crippen molar-refractivity contribution in [2.45, 2.75) is 51.8 Å². The quantitative estimate of drug-likeness (QED) is 0.333. The van der Waals surface area contributed by atoms with E-state index in [9.17, 15) is 9.59 Å². The summed E-state index contributed by atoms with van der Waals surface area (Å²) in [6, 6.07) is 20.1. The van der Waals surface area contributed by atoms with Crippen molar-refractivity contribution < 1.29 is 9.59 Å². The van der Waals surface area contributed by atoms with Crippen molar-refractivity contribution >= 4 is 29.4 Å². The summed E-state index contributed by atoms with van der Waals surface area (Å²) in [6.45, 7) is 10.9. The molecule has 2 aromatic heterocycles. The monoisotopic (exact) mass is 553 g/mol. The lowest BCUT2D eigenvalue weighted by atomic mass is 9.86. The summed E-state index contributed by atoms with van der Waals surface area (Å²) in [4.78, 5) is 32.8. The third-order valence-corrected chi connectivity index (χ3v) is 8.29. The van der Waals surface area contributed by atoms with Gasteiger partial charge >= 0.3 is 0 Å². The number of aromatic nitrogens is 3. The molecule has 0 saturated carbocycles. The van der Waals surface area contributed by atoms with Crippen LogP contribution in [0.25, 0.3) is 5.69 Å². The van der Waals surface area contributed by atoms with E-state index >= 15 is 0 Å². The van der Waals surface area contributed by atoms with E-state index in [0.717, 1.165) is 39.2 Å². The fourth-order valence-electron chi connectivity index (χ4n) is 5.04. The molecule has 8 heteroatoms. The van der Waals surface area contributed by atoms with E-state index < -0.39 is 0 Å². The van der Waals surface area contributed by atoms with Gasteiger partial charge in [0.25, 0.3) is 0 Å². The average molecular weight is 554 g/mol. The first-order chi connectivity index (χ1) is 19.1. The first kappa shape index (κ1) is 27.6. The molecular weight excluding hydrogens is 518 g/mol. The van der Waals surface area contributed by atoms with Crippen LogP contribution >= 0.6 is 11.8 Å². The minimum Gasteiger partial charge on any atom is -0.350 e. The van der Waals surface area contributed by atoms with Crippen molar-refractivity contribution in [1.29, 1.82) is 0 Å². The molecule has 0 unspecified atom stereocenters. The van der Waals surface area contributed by atoms with Crippen LogP contribution in [-0.4, -0.2) is 38.9 Å². The minimum atomic E-state index is -0.302. The predicted molar refractivity (Wildman–Crippen MR) is 161 cm³/mol. The second-order valence-corrected chi connectivity index (χ2v) is 12.3. The summed E-state index contributed by atoms with van der Waals surface area (Å²) >= 11 is 1.60. The van der Waals surface area contributed by atoms with Crippen molar-refractivity contribution in [3.63, 3.8) is 0 Å². The molecule has 0 bridgehead atoms. The molecular formula is C32H35N5O2S. The standard InChI is InChI=1S/C32H35N5O2S/c1-21-9-8-11-24(17-21)37-31-28(30(35-37)32(3,4)5)29(25-12-7-6-10-22(25)2)40-20-27(39)36(31)19-26(38)34-18-23-13-15-33-16-14-23/h6-17,29H,18-20H2,1-5H3,(H,34,38)/t29-/m1/s1. The summed E-state index contributed by atoms with van der Waals surface area (Å²) in [6.07, 6.45) is 3.40. The summed E-state index contributed by atoms with van der Waals surface area (Å²) in [7, 11) is 0. The maximum Gasteiger partial charge on any atom is 0.240 e. The zero-order chi connectivity index (χ0) is 28.4. The molecule has 1 atom stereocenters. The number of benzene rings is 2. The van der Waals surface area contributed by atoms with Crippen molar-refractivity contribution in [3.8, 4) is 5.69 Å². The Kier molecular flexibility index (Phi) is 7.81. The fraction of sp³-hybridized carbons (Fsp3) is 0.312. The molecule has 0 aliphatic carbocycles. The highest BCUT2D eigenvalue weighted by Crippen LogP contribution is 2.49. The third-order valence-electron chi connectivity index (χ3n) is 7.06. The molecule has 206 valence electrons. The Hall–Kier alpha value is -3.91. The van der Waals surface area contributed by atoms with Crippen LogP contribution in [0.3, 0.4) is 0 Å². The Morgan fingerprint density at radius 3 is 2.50 bits per heavy atom. The molecule has 0 saturated heterocycles. The molecule has 40 heavy (non-hydrogen) atoms. The van der Waals surface area contributed by atoms with Gasteiger partial charge in [-0.05, 0) is 60.4 Å². The van der Waals surface area contributed by atoms with Crippen molar-refractivity contribution in [2.24, 2.45) is 0 Å². The van der Waals surface area contributed by atoms with Crippen LogP contribution < -0.4 is 10.2 Å². The van der Waals surface area contributed by atoms with Gasteiger partial charge in [-0.1, -0.05) is 57.2 Å². The number of pyridine rings is 1. The van der Waals surface area contributed by atoms with E-state index in [-0.39, 0.29) is 34.8 Å². The normalized spacial score (nSPS) is 15.5. The predicted octanol–water partition coefficient (Wildman–Crippen LogP) is 5.67. The smallest absolute Gasteiger partial charge is 0.240 e. The lowest BCUT2D eigenvalue weighted by Crippen LogP contribution is -2.42. The Morgan fingerprint density at radius 1 is 1.05 bits per heavy atom. The number of nitrogens with zero attached hydrogens (tertiary/aromatic N) is 4. The van der Waals surface area contributed by atoms with Crippen LogP contribution in [0.5, 0.6) is 0 Å². The van der Waals surface area contributed by atoms with Gasteiger partial charge in [0, 0.05) is 29.9 Å². The van der Waals surface area contributed by atoms with Gasteiger partial charge in [-0.2, -0.15) is 5.10 Å². The number of carbonyl (C=O) groups excluding carboxylic acids is 2. The number of nitrogens with one attached hydrogen (secondary N) is 1. The van der Waals surface area contributed by atoms with Crippen LogP contribution in [0.1, 0.15) is 59.5 Å². The SMILES string of the molecule is Cc1cccc(-n2nc(C(C)(C)C)c3c2N(CC(=O)NCc2ccncc2)C(=O)CS[C@@H]3c2ccccc2C)c1. The van der Waals surface area contributed by atoms with Gasteiger partial charge in [0.2, 0.25) is 11.8 Å². The highest BCUT2D eigenvalue weighted by Gasteiger charge is 2.40. The van der Waals surface area contributed by atoms with Crippen LogP contribution in [0.4, 0.5) is 5.82 Å². The highest BCUT2D eigenvalue weighted by molar-refractivity contribution is 8.00. The highest BCUT2D eigenvalue weighted by atomic mass is 32.2. The van der Waals surface area contributed by atoms with Crippen LogP contribution in [0, 0.1) is 13.8 Å². The molecule has 0 spiro atoms. The van der Waals surface area contributed by atoms with Gasteiger partial charge in [-0.15, -0.1) is 11.8 Å². The van der Waals surface area contributed by atoms with Gasteiger partial charge in [-0.25, -0.2) is 4.68 Å². The van der Waals surface area contributed by atoms with Gasteiger partial charge in [0.15, 0.2) is 0 Å². The van der Waals surface area contributed by atoms with Gasteiger partial charge < -0.3 is 5.32 Å². The maximum absolute atomic E-state index is 13.8. The topological polar surface area (TPSA) is 80.1 Å². The van der Waals surface area contributed by atoms with E-state index in [1.807, 2.05) is 54.1 Å². The largest absolute Gasteiger partial charge is 0.350 e. The third kappa shape index (κ3) is 5.68. The molecule has 1 aliphatic heterocycles. The Morgan fingerprint density at radius 2 is 1.80 bits per heavy atom. The van der Waals surface area contributed by atoms with E-state index in [1.165, 1.54) is 0 Å². The molecule has 3 heterocycles. The number of hydrogen-bond donors (Lipinski definition) is 1. The zero-order valence-electron chi connectivity index (χ0n) is 23.6. The lowest BCUT2D eigenvalue weighted by molar-refractivity contribution is -0.123. The summed E-state index contributed by atoms with van der Waals surface area (Å²) in [5.41, 5.74) is 6.81. The van der Waals surface area contributed by atoms with E-state index in [4.69, 9.17) is 5.10 Å². The van der Waals surface area contributed by atoms with Crippen molar-refractivity contribution in [1.82, 2.24) is 20.1 Å². The van der Waals surface area contributed by atoms with Crippen molar-refractivity contribution in [2.75, 3.05) is 17.2 Å². The number of aryl methyl sites for hydroxylation is 2. The molecule has 0 fully saturated rings. The summed E-state index contributed by atoms with van der Waals surface area (Å²) < 4.78 is 1.87. The van der Waals surface area contributed by atoms with Crippen LogP contribution in [0.15, 0.2) is 73.1 Å². The number of amides is 2. The zero-order valence-corrected chi connectivity index (χ0v) is 24.5. The number of anilines is 1. The maximum atomic E-state index is 13.8. The van der Waals surface area contributed by atoms with E-state index in [1.54, 1.807) is 29.1 Å². The first-order valence-electron chi connectivity index (χ1n) is 13.5. The number of rotatable bonds is 6. The molecule has 4 aromatic rings. The Labute approximate surface area is 240 Å². The molecule has 1 aliphatic rings. The molecule has 5 rings (SSSR count). The van der Waals surface area contributed by atoms with Crippen molar-refractivity contribution in [3.05, 3.63) is 107 Å². The molecule has 2 amide bonds. The Bertz CT molecular complexity index is 1540. The second kappa shape index (κ2) is 11.3. The molecule has 1 N–H and O–H groups in total. The Balaban J connectivity index is 1.67. The second-order valence-electron chi connectivity index (χ2n) is 11.2. The van der Waals surface area contributed by atoms with Gasteiger partial charge in [0.05, 0.1) is 22.4 Å². The lowest BCUT2D eigenvalue weighted by Gasteiger charge is -2.25. The van der Waals surface area contributed by atoms with E-state index in [0.29, 0.717) is 12.4 Å². The minimum absolute atomic E-state index is 0.0982. The van der Waals surface area contributed by atoms with E-state index in [2.05, 4.69) is 56.2 Å². The molecule has 2 aromatic carbocycles. The van der Waals surface area contributed by atoms with Gasteiger partial charge in [-0.3, -0.25) is 19.5 Å². The number of fused-ring (bicyclic) bond motifs is 1. The van der Waals surface area contributed by atoms with Crippen LogP contribution in [-0.2, 0) is 21.5 Å². The summed E-state index contributed by atoms with van der Waals surface area (Å²) in [5.74, 6) is 0.571. The number of thioether (sulfide) groups is 1. The number of hydrogen-bond acceptors (Lipinski definition) is 5.